The van der Waals surface area contributed by atoms with E-state index >= 15 is 0 Å². The molecule has 1 aromatic heterocycles. The molecule has 1 heterocycles. The SMILES string of the molecule is Cc1nn(C(N)=O)c(N)c1C. The minimum Gasteiger partial charge on any atom is -0.383 e. The zero-order chi connectivity index (χ0) is 8.59. The van der Waals surface area contributed by atoms with E-state index in [-0.39, 0.29) is 0 Å². The summed E-state index contributed by atoms with van der Waals surface area (Å²) < 4.78 is 0.991. The van der Waals surface area contributed by atoms with Crippen molar-refractivity contribution < 1.29 is 4.79 Å². The van der Waals surface area contributed by atoms with Gasteiger partial charge in [-0.05, 0) is 13.8 Å². The van der Waals surface area contributed by atoms with E-state index in [0.29, 0.717) is 5.82 Å². The maximum atomic E-state index is 10.6. The fraction of sp³-hybridized carbons (Fsp3) is 0.333. The second-order valence-electron chi connectivity index (χ2n) is 2.35. The second-order valence-corrected chi connectivity index (χ2v) is 2.35. The molecule has 0 spiro atoms. The van der Waals surface area contributed by atoms with Crippen molar-refractivity contribution >= 4 is 11.8 Å². The highest BCUT2D eigenvalue weighted by Gasteiger charge is 2.10. The van der Waals surface area contributed by atoms with Crippen LogP contribution in [0.4, 0.5) is 10.6 Å². The number of aromatic nitrogens is 2. The minimum absolute atomic E-state index is 0.315. The van der Waals surface area contributed by atoms with E-state index < -0.39 is 6.03 Å². The van der Waals surface area contributed by atoms with Crippen molar-refractivity contribution in [3.05, 3.63) is 11.3 Å². The standard InChI is InChI=1S/C6H10N4O/c1-3-4(2)9-10(5(3)7)6(8)11/h7H2,1-2H3,(H2,8,11). The molecule has 0 atom stereocenters. The van der Waals surface area contributed by atoms with Crippen LogP contribution >= 0.6 is 0 Å². The second kappa shape index (κ2) is 2.26. The first kappa shape index (κ1) is 7.59. The van der Waals surface area contributed by atoms with Crippen LogP contribution in [0.2, 0.25) is 0 Å². The summed E-state index contributed by atoms with van der Waals surface area (Å²) in [6, 6.07) is -0.654. The minimum atomic E-state index is -0.654. The van der Waals surface area contributed by atoms with Gasteiger partial charge in [0, 0.05) is 5.56 Å². The Morgan fingerprint density at radius 2 is 2.09 bits per heavy atom. The molecule has 0 bridgehead atoms. The number of nitrogen functional groups attached to an aromatic ring is 1. The summed E-state index contributed by atoms with van der Waals surface area (Å²) >= 11 is 0. The van der Waals surface area contributed by atoms with Gasteiger partial charge in [-0.2, -0.15) is 9.78 Å². The third-order valence-corrected chi connectivity index (χ3v) is 1.61. The largest absolute Gasteiger partial charge is 0.383 e. The van der Waals surface area contributed by atoms with Crippen molar-refractivity contribution in [3.63, 3.8) is 0 Å². The summed E-state index contributed by atoms with van der Waals surface area (Å²) in [6.45, 7) is 3.56. The van der Waals surface area contributed by atoms with Gasteiger partial charge in [0.2, 0.25) is 0 Å². The van der Waals surface area contributed by atoms with Gasteiger partial charge >= 0.3 is 6.03 Å². The quantitative estimate of drug-likeness (QED) is 0.551. The molecule has 0 aromatic carbocycles. The molecule has 1 rings (SSSR count). The Labute approximate surface area is 64.0 Å². The van der Waals surface area contributed by atoms with Crippen LogP contribution < -0.4 is 11.5 Å². The predicted molar refractivity (Wildman–Crippen MR) is 41.1 cm³/mol. The molecule has 0 aliphatic rings. The number of primary amides is 1. The Balaban J connectivity index is 3.29. The van der Waals surface area contributed by atoms with Gasteiger partial charge in [0.25, 0.3) is 0 Å². The molecule has 60 valence electrons. The van der Waals surface area contributed by atoms with Crippen LogP contribution in [0.5, 0.6) is 0 Å². The van der Waals surface area contributed by atoms with Gasteiger partial charge in [0.1, 0.15) is 5.82 Å². The lowest BCUT2D eigenvalue weighted by molar-refractivity contribution is 0.248. The molecule has 0 unspecified atom stereocenters. The molecule has 0 radical (unpaired) electrons. The number of carbonyl (C=O) groups excluding carboxylic acids is 1. The number of nitrogens with two attached hydrogens (primary N) is 2. The zero-order valence-electron chi connectivity index (χ0n) is 6.46. The molecule has 1 aromatic rings. The molecular formula is C6H10N4O. The van der Waals surface area contributed by atoms with Gasteiger partial charge in [0.15, 0.2) is 0 Å². The van der Waals surface area contributed by atoms with Crippen molar-refractivity contribution in [2.24, 2.45) is 5.73 Å². The van der Waals surface area contributed by atoms with Crippen molar-refractivity contribution in [1.29, 1.82) is 0 Å². The van der Waals surface area contributed by atoms with E-state index in [4.69, 9.17) is 11.5 Å². The number of carbonyl (C=O) groups is 1. The first-order valence-electron chi connectivity index (χ1n) is 3.15. The van der Waals surface area contributed by atoms with Gasteiger partial charge in [-0.1, -0.05) is 0 Å². The predicted octanol–water partition coefficient (Wildman–Crippen LogP) is 0.00894. The zero-order valence-corrected chi connectivity index (χ0v) is 6.46. The summed E-state index contributed by atoms with van der Waals surface area (Å²) in [5.74, 6) is 0.315. The van der Waals surface area contributed by atoms with Gasteiger partial charge in [-0.15, -0.1) is 0 Å². The molecule has 0 aliphatic heterocycles. The summed E-state index contributed by atoms with van der Waals surface area (Å²) in [5, 5.41) is 3.83. The summed E-state index contributed by atoms with van der Waals surface area (Å²) in [7, 11) is 0. The maximum Gasteiger partial charge on any atom is 0.341 e. The Hall–Kier alpha value is -1.52. The Morgan fingerprint density at radius 3 is 2.27 bits per heavy atom. The van der Waals surface area contributed by atoms with Crippen LogP contribution in [0, 0.1) is 13.8 Å². The lowest BCUT2D eigenvalue weighted by atomic mass is 10.3. The third kappa shape index (κ3) is 1.04. The molecule has 11 heavy (non-hydrogen) atoms. The summed E-state index contributed by atoms with van der Waals surface area (Å²) in [4.78, 5) is 10.6. The molecule has 5 nitrogen and oxygen atoms in total. The Bertz CT molecular complexity index is 302. The van der Waals surface area contributed by atoms with E-state index in [2.05, 4.69) is 5.10 Å². The van der Waals surface area contributed by atoms with Crippen LogP contribution in [0.3, 0.4) is 0 Å². The molecule has 4 N–H and O–H groups in total. The van der Waals surface area contributed by atoms with Gasteiger partial charge in [-0.25, -0.2) is 4.79 Å². The highest BCUT2D eigenvalue weighted by molar-refractivity contribution is 5.78. The van der Waals surface area contributed by atoms with Crippen LogP contribution in [0.15, 0.2) is 0 Å². The van der Waals surface area contributed by atoms with Crippen LogP contribution in [-0.2, 0) is 0 Å². The highest BCUT2D eigenvalue weighted by Crippen LogP contribution is 2.12. The van der Waals surface area contributed by atoms with Crippen LogP contribution in [0.25, 0.3) is 0 Å². The van der Waals surface area contributed by atoms with Crippen molar-refractivity contribution in [3.8, 4) is 0 Å². The van der Waals surface area contributed by atoms with E-state index in [0.717, 1.165) is 15.9 Å². The van der Waals surface area contributed by atoms with Crippen LogP contribution in [-0.4, -0.2) is 15.8 Å². The number of anilines is 1. The smallest absolute Gasteiger partial charge is 0.341 e. The first-order chi connectivity index (χ1) is 5.04. The molecule has 5 heteroatoms. The fourth-order valence-corrected chi connectivity index (χ4v) is 0.791. The van der Waals surface area contributed by atoms with Crippen molar-refractivity contribution in [2.75, 3.05) is 5.73 Å². The lowest BCUT2D eigenvalue weighted by Crippen LogP contribution is -2.22. The third-order valence-electron chi connectivity index (χ3n) is 1.61. The molecule has 0 saturated heterocycles. The van der Waals surface area contributed by atoms with E-state index in [1.54, 1.807) is 13.8 Å². The first-order valence-corrected chi connectivity index (χ1v) is 3.15. The molecule has 0 fully saturated rings. The summed E-state index contributed by atoms with van der Waals surface area (Å²) in [5.41, 5.74) is 12.0. The van der Waals surface area contributed by atoms with E-state index in [1.165, 1.54) is 0 Å². The number of rotatable bonds is 0. The summed E-state index contributed by atoms with van der Waals surface area (Å²) in [6.07, 6.45) is 0. The molecule has 0 aliphatic carbocycles. The number of amides is 1. The fourth-order valence-electron chi connectivity index (χ4n) is 0.791. The topological polar surface area (TPSA) is 86.9 Å². The Morgan fingerprint density at radius 1 is 1.55 bits per heavy atom. The average Bonchev–Trinajstić information content (AvgIpc) is 2.17. The van der Waals surface area contributed by atoms with Crippen molar-refractivity contribution in [2.45, 2.75) is 13.8 Å². The van der Waals surface area contributed by atoms with Crippen LogP contribution in [0.1, 0.15) is 11.3 Å². The Kier molecular flexibility index (Phi) is 1.56. The number of aryl methyl sites for hydroxylation is 1. The number of hydrogen-bond donors (Lipinski definition) is 2. The van der Waals surface area contributed by atoms with E-state index in [9.17, 15) is 4.79 Å². The maximum absolute atomic E-state index is 10.6. The molecule has 1 amide bonds. The van der Waals surface area contributed by atoms with Gasteiger partial charge < -0.3 is 11.5 Å². The number of nitrogens with zero attached hydrogens (tertiary/aromatic N) is 2. The molecule has 0 saturated carbocycles. The highest BCUT2D eigenvalue weighted by atomic mass is 16.2. The van der Waals surface area contributed by atoms with Gasteiger partial charge in [0.05, 0.1) is 5.69 Å². The molecular weight excluding hydrogens is 144 g/mol. The lowest BCUT2D eigenvalue weighted by Gasteiger charge is -1.95. The average molecular weight is 154 g/mol. The van der Waals surface area contributed by atoms with Gasteiger partial charge in [-0.3, -0.25) is 0 Å². The van der Waals surface area contributed by atoms with E-state index in [1.807, 2.05) is 0 Å². The van der Waals surface area contributed by atoms with Crippen molar-refractivity contribution in [1.82, 2.24) is 9.78 Å². The number of hydrogen-bond acceptors (Lipinski definition) is 3. The monoisotopic (exact) mass is 154 g/mol. The normalized spacial score (nSPS) is 10.0.